The fraction of sp³-hybridized carbons (Fsp3) is 0.294. The largest absolute Gasteiger partial charge is 0.0958 e. The van der Waals surface area contributed by atoms with Crippen LogP contribution in [0.2, 0.25) is 0 Å². The van der Waals surface area contributed by atoms with Crippen molar-refractivity contribution >= 4 is 0 Å². The molecule has 0 N–H and O–H groups in total. The van der Waals surface area contributed by atoms with Crippen LogP contribution in [0, 0.1) is 0 Å². The van der Waals surface area contributed by atoms with Crippen LogP contribution in [0.25, 0.3) is 0 Å². The Labute approximate surface area is 106 Å². The second-order valence-corrected chi connectivity index (χ2v) is 4.67. The lowest BCUT2D eigenvalue weighted by atomic mass is 9.92. The lowest BCUT2D eigenvalue weighted by Gasteiger charge is -2.13. The number of allylic oxidation sites excluding steroid dienone is 8. The third kappa shape index (κ3) is 4.44. The molecule has 0 heterocycles. The van der Waals surface area contributed by atoms with E-state index in [1.54, 1.807) is 0 Å². The first-order valence-corrected chi connectivity index (χ1v) is 5.74. The van der Waals surface area contributed by atoms with Crippen LogP contribution in [0.3, 0.4) is 0 Å². The van der Waals surface area contributed by atoms with E-state index < -0.39 is 0 Å². The lowest BCUT2D eigenvalue weighted by molar-refractivity contribution is 1.22. The predicted octanol–water partition coefficient (Wildman–Crippen LogP) is 5.53. The van der Waals surface area contributed by atoms with Gasteiger partial charge in [-0.3, -0.25) is 0 Å². The van der Waals surface area contributed by atoms with Gasteiger partial charge in [0, 0.05) is 0 Å². The first-order valence-electron chi connectivity index (χ1n) is 5.74. The van der Waals surface area contributed by atoms with Crippen LogP contribution in [-0.4, -0.2) is 0 Å². The monoisotopic (exact) mass is 228 g/mol. The van der Waals surface area contributed by atoms with E-state index in [9.17, 15) is 0 Å². The highest BCUT2D eigenvalue weighted by Gasteiger charge is 2.06. The maximum Gasteiger partial charge on any atom is -0.0195 e. The van der Waals surface area contributed by atoms with Crippen LogP contribution in [0.5, 0.6) is 0 Å². The van der Waals surface area contributed by atoms with E-state index >= 15 is 0 Å². The lowest BCUT2D eigenvalue weighted by Crippen LogP contribution is -1.94. The molecule has 0 amide bonds. The molecule has 92 valence electrons. The molecule has 0 unspecified atom stereocenters. The summed E-state index contributed by atoms with van der Waals surface area (Å²) in [7, 11) is 0. The van der Waals surface area contributed by atoms with E-state index in [2.05, 4.69) is 40.2 Å². The molecule has 0 aromatic carbocycles. The second kappa shape index (κ2) is 6.24. The van der Waals surface area contributed by atoms with Crippen molar-refractivity contribution < 1.29 is 0 Å². The van der Waals surface area contributed by atoms with Crippen LogP contribution in [0.4, 0.5) is 0 Å². The maximum atomic E-state index is 4.03. The molecule has 0 rings (SSSR count). The van der Waals surface area contributed by atoms with Crippen molar-refractivity contribution in [2.75, 3.05) is 0 Å². The molecule has 0 aliphatic rings. The van der Waals surface area contributed by atoms with Gasteiger partial charge in [0.15, 0.2) is 0 Å². The highest BCUT2D eigenvalue weighted by atomic mass is 14.1. The topological polar surface area (TPSA) is 0 Å². The fourth-order valence-electron chi connectivity index (χ4n) is 1.37. The van der Waals surface area contributed by atoms with Crippen LogP contribution in [0.1, 0.15) is 34.6 Å². The van der Waals surface area contributed by atoms with E-state index in [-0.39, 0.29) is 0 Å². The van der Waals surface area contributed by atoms with Gasteiger partial charge < -0.3 is 0 Å². The summed E-state index contributed by atoms with van der Waals surface area (Å²) in [4.78, 5) is 0. The zero-order chi connectivity index (χ0) is 13.7. The van der Waals surface area contributed by atoms with Crippen molar-refractivity contribution in [3.63, 3.8) is 0 Å². The summed E-state index contributed by atoms with van der Waals surface area (Å²) in [5.74, 6) is 0. The van der Waals surface area contributed by atoms with Gasteiger partial charge in [0.25, 0.3) is 0 Å². The van der Waals surface area contributed by atoms with Gasteiger partial charge in [0.2, 0.25) is 0 Å². The standard InChI is InChI=1S/C17H24/c1-11(2)14(7)10-17(13(5)6)16(9)15(8)12(3)4/h10H,1,3,5,7H2,2,4,6,8-9H3/b16-15+,17-10-. The molecule has 17 heavy (non-hydrogen) atoms. The molecular weight excluding hydrogens is 204 g/mol. The molecule has 0 aromatic heterocycles. The van der Waals surface area contributed by atoms with Crippen molar-refractivity contribution in [1.29, 1.82) is 0 Å². The SMILES string of the molecule is C=C(C)C(=C)/C=C(C(=C)C)\C(C)=C(/C)C(=C)C. The molecule has 0 fully saturated rings. The quantitative estimate of drug-likeness (QED) is 0.542. The van der Waals surface area contributed by atoms with Gasteiger partial charge in [-0.15, -0.1) is 0 Å². The van der Waals surface area contributed by atoms with Crippen molar-refractivity contribution in [1.82, 2.24) is 0 Å². The second-order valence-electron chi connectivity index (χ2n) is 4.67. The number of hydrogen-bond acceptors (Lipinski definition) is 0. The van der Waals surface area contributed by atoms with Gasteiger partial charge in [-0.1, -0.05) is 43.0 Å². The molecule has 0 bridgehead atoms. The Balaban J connectivity index is 5.65. The first kappa shape index (κ1) is 15.4. The summed E-state index contributed by atoms with van der Waals surface area (Å²) in [5.41, 5.74) is 7.56. The van der Waals surface area contributed by atoms with E-state index in [1.807, 2.05) is 26.8 Å². The number of rotatable bonds is 5. The van der Waals surface area contributed by atoms with E-state index in [4.69, 9.17) is 0 Å². The highest BCUT2D eigenvalue weighted by Crippen LogP contribution is 2.26. The Morgan fingerprint density at radius 2 is 1.12 bits per heavy atom. The molecule has 0 radical (unpaired) electrons. The molecular formula is C17H24. The minimum Gasteiger partial charge on any atom is -0.0958 e. The Morgan fingerprint density at radius 1 is 0.647 bits per heavy atom. The Hall–Kier alpha value is -1.56. The van der Waals surface area contributed by atoms with Crippen LogP contribution < -0.4 is 0 Å². The van der Waals surface area contributed by atoms with Gasteiger partial charge in [0.05, 0.1) is 0 Å². The van der Waals surface area contributed by atoms with Gasteiger partial charge in [-0.2, -0.15) is 0 Å². The predicted molar refractivity (Wildman–Crippen MR) is 80.0 cm³/mol. The fourth-order valence-corrected chi connectivity index (χ4v) is 1.37. The highest BCUT2D eigenvalue weighted by molar-refractivity contribution is 5.53. The minimum absolute atomic E-state index is 0.942. The van der Waals surface area contributed by atoms with Crippen LogP contribution in [-0.2, 0) is 0 Å². The van der Waals surface area contributed by atoms with Crippen molar-refractivity contribution in [3.05, 3.63) is 71.4 Å². The van der Waals surface area contributed by atoms with Crippen molar-refractivity contribution in [2.45, 2.75) is 34.6 Å². The maximum absolute atomic E-state index is 4.03. The molecule has 0 aliphatic heterocycles. The van der Waals surface area contributed by atoms with Gasteiger partial charge in [-0.05, 0) is 63.0 Å². The van der Waals surface area contributed by atoms with Gasteiger partial charge >= 0.3 is 0 Å². The molecule has 0 spiro atoms. The zero-order valence-corrected chi connectivity index (χ0v) is 11.9. The Bertz CT molecular complexity index is 437. The van der Waals surface area contributed by atoms with Crippen LogP contribution >= 0.6 is 0 Å². The van der Waals surface area contributed by atoms with Gasteiger partial charge in [-0.25, -0.2) is 0 Å². The molecule has 0 saturated heterocycles. The Morgan fingerprint density at radius 3 is 1.41 bits per heavy atom. The Kier molecular flexibility index (Phi) is 5.67. The third-order valence-corrected chi connectivity index (χ3v) is 2.93. The van der Waals surface area contributed by atoms with Crippen molar-refractivity contribution in [3.8, 4) is 0 Å². The van der Waals surface area contributed by atoms with Crippen molar-refractivity contribution in [2.24, 2.45) is 0 Å². The number of hydrogen-bond donors (Lipinski definition) is 0. The summed E-state index contributed by atoms with van der Waals surface area (Å²) >= 11 is 0. The van der Waals surface area contributed by atoms with Crippen LogP contribution in [0.15, 0.2) is 71.4 Å². The minimum atomic E-state index is 0.942. The molecule has 0 atom stereocenters. The normalized spacial score (nSPS) is 12.9. The third-order valence-electron chi connectivity index (χ3n) is 2.93. The average Bonchev–Trinajstić information content (AvgIpc) is 2.22. The summed E-state index contributed by atoms with van der Waals surface area (Å²) in [6, 6.07) is 0. The van der Waals surface area contributed by atoms with E-state index in [0.29, 0.717) is 0 Å². The van der Waals surface area contributed by atoms with Gasteiger partial charge in [0.1, 0.15) is 0 Å². The van der Waals surface area contributed by atoms with E-state index in [0.717, 1.165) is 27.9 Å². The molecule has 0 saturated carbocycles. The summed E-state index contributed by atoms with van der Waals surface area (Å²) in [5, 5.41) is 0. The first-order chi connectivity index (χ1) is 7.68. The molecule has 0 nitrogen and oxygen atoms in total. The zero-order valence-electron chi connectivity index (χ0n) is 11.9. The molecule has 0 aromatic rings. The summed E-state index contributed by atoms with van der Waals surface area (Å²) < 4.78 is 0. The molecule has 0 heteroatoms. The summed E-state index contributed by atoms with van der Waals surface area (Å²) in [6.45, 7) is 26.1. The smallest absolute Gasteiger partial charge is 0.0195 e. The van der Waals surface area contributed by atoms with E-state index in [1.165, 1.54) is 11.1 Å². The molecule has 0 aliphatic carbocycles. The summed E-state index contributed by atoms with van der Waals surface area (Å²) in [6.07, 6.45) is 2.05. The average molecular weight is 228 g/mol.